The Morgan fingerprint density at radius 1 is 1.03 bits per heavy atom. The maximum atomic E-state index is 13.1. The molecule has 0 spiro atoms. The Bertz CT molecular complexity index is 1030. The van der Waals surface area contributed by atoms with Crippen molar-refractivity contribution in [1.82, 2.24) is 5.32 Å². The Balaban J connectivity index is 2.10. The van der Waals surface area contributed by atoms with E-state index in [0.29, 0.717) is 28.3 Å². The van der Waals surface area contributed by atoms with Crippen molar-refractivity contribution in [2.45, 2.75) is 39.7 Å². The molecule has 0 saturated carbocycles. The van der Waals surface area contributed by atoms with Gasteiger partial charge in [0.25, 0.3) is 0 Å². The van der Waals surface area contributed by atoms with Crippen LogP contribution >= 0.6 is 0 Å². The molecule has 1 atom stereocenters. The van der Waals surface area contributed by atoms with Crippen molar-refractivity contribution in [2.75, 3.05) is 20.3 Å². The van der Waals surface area contributed by atoms with Crippen LogP contribution in [0.5, 0.6) is 0 Å². The van der Waals surface area contributed by atoms with E-state index in [9.17, 15) is 9.59 Å². The van der Waals surface area contributed by atoms with E-state index in [0.717, 1.165) is 11.1 Å². The van der Waals surface area contributed by atoms with Crippen molar-refractivity contribution in [3.8, 4) is 11.3 Å². The van der Waals surface area contributed by atoms with Crippen LogP contribution in [0, 0.1) is 0 Å². The Morgan fingerprint density at radius 3 is 2.38 bits per heavy atom. The van der Waals surface area contributed by atoms with E-state index in [1.807, 2.05) is 36.4 Å². The topological polar surface area (TPSA) is 87.0 Å². The van der Waals surface area contributed by atoms with E-state index in [2.05, 4.69) is 5.32 Å². The van der Waals surface area contributed by atoms with Gasteiger partial charge in [0.05, 0.1) is 36.0 Å². The monoisotopic (exact) mass is 439 g/mol. The lowest BCUT2D eigenvalue weighted by atomic mass is 9.80. The molecule has 7 nitrogen and oxygen atoms in total. The minimum Gasteiger partial charge on any atom is -0.464 e. The molecule has 0 fully saturated rings. The minimum atomic E-state index is -0.660. The molecular weight excluding hydrogens is 410 g/mol. The SMILES string of the molecule is COCCOC(=O)C1=C(C)NC(C)=C(C(=O)OC(C)C)C1c1cccc(-c2ccco2)c1. The summed E-state index contributed by atoms with van der Waals surface area (Å²) in [5.74, 6) is -0.957. The maximum absolute atomic E-state index is 13.1. The van der Waals surface area contributed by atoms with Gasteiger partial charge < -0.3 is 23.9 Å². The molecule has 1 aliphatic rings. The standard InChI is InChI=1S/C25H29NO6/c1-15(2)32-25(28)22-17(4)26-16(3)21(24(27)31-13-12-29-5)23(22)19-9-6-8-18(14-19)20-10-7-11-30-20/h6-11,14-15,23,26H,12-13H2,1-5H3. The van der Waals surface area contributed by atoms with E-state index in [-0.39, 0.29) is 19.3 Å². The minimum absolute atomic E-state index is 0.111. The zero-order chi connectivity index (χ0) is 23.3. The molecule has 2 aromatic rings. The van der Waals surface area contributed by atoms with Crippen LogP contribution < -0.4 is 5.32 Å². The number of hydrogen-bond donors (Lipinski definition) is 1. The van der Waals surface area contributed by atoms with Crippen molar-refractivity contribution < 1.29 is 28.2 Å². The quantitative estimate of drug-likeness (QED) is 0.484. The van der Waals surface area contributed by atoms with E-state index in [1.165, 1.54) is 7.11 Å². The van der Waals surface area contributed by atoms with Gasteiger partial charge in [0, 0.05) is 24.1 Å². The van der Waals surface area contributed by atoms with Gasteiger partial charge in [-0.15, -0.1) is 0 Å². The van der Waals surface area contributed by atoms with Crippen LogP contribution in [-0.2, 0) is 23.8 Å². The number of carbonyl (C=O) groups excluding carboxylic acids is 2. The highest BCUT2D eigenvalue weighted by molar-refractivity contribution is 6.00. The second kappa shape index (κ2) is 10.3. The molecule has 0 radical (unpaired) electrons. The number of benzene rings is 1. The average Bonchev–Trinajstić information content (AvgIpc) is 3.27. The van der Waals surface area contributed by atoms with E-state index < -0.39 is 17.9 Å². The first-order chi connectivity index (χ1) is 15.3. The molecule has 1 aromatic carbocycles. The van der Waals surface area contributed by atoms with Gasteiger partial charge >= 0.3 is 11.9 Å². The molecular formula is C25H29NO6. The summed E-state index contributed by atoms with van der Waals surface area (Å²) >= 11 is 0. The molecule has 0 bridgehead atoms. The third-order valence-electron chi connectivity index (χ3n) is 5.09. The number of dihydropyridines is 1. The fraction of sp³-hybridized carbons (Fsp3) is 0.360. The Kier molecular flexibility index (Phi) is 7.53. The Morgan fingerprint density at radius 2 is 1.75 bits per heavy atom. The second-order valence-corrected chi connectivity index (χ2v) is 7.82. The lowest BCUT2D eigenvalue weighted by molar-refractivity contribution is -0.143. The van der Waals surface area contributed by atoms with Gasteiger partial charge in [0.2, 0.25) is 0 Å². The number of hydrogen-bond acceptors (Lipinski definition) is 7. The van der Waals surface area contributed by atoms with E-state index in [4.69, 9.17) is 18.6 Å². The van der Waals surface area contributed by atoms with Crippen molar-refractivity contribution in [3.05, 3.63) is 70.8 Å². The van der Waals surface area contributed by atoms with Crippen LogP contribution in [0.2, 0.25) is 0 Å². The summed E-state index contributed by atoms with van der Waals surface area (Å²) < 4.78 is 21.5. The molecule has 1 aliphatic heterocycles. The van der Waals surface area contributed by atoms with Gasteiger partial charge in [0.1, 0.15) is 12.4 Å². The molecule has 1 unspecified atom stereocenters. The summed E-state index contributed by atoms with van der Waals surface area (Å²) in [6.45, 7) is 7.57. The third kappa shape index (κ3) is 5.11. The highest BCUT2D eigenvalue weighted by atomic mass is 16.6. The molecule has 0 aliphatic carbocycles. The first kappa shape index (κ1) is 23.3. The Hall–Kier alpha value is -3.32. The van der Waals surface area contributed by atoms with Crippen LogP contribution in [0.25, 0.3) is 11.3 Å². The molecule has 1 N–H and O–H groups in total. The van der Waals surface area contributed by atoms with Crippen molar-refractivity contribution in [1.29, 1.82) is 0 Å². The summed E-state index contributed by atoms with van der Waals surface area (Å²) in [6.07, 6.45) is 1.30. The van der Waals surface area contributed by atoms with Crippen molar-refractivity contribution in [2.24, 2.45) is 0 Å². The molecule has 7 heteroatoms. The number of furan rings is 1. The maximum Gasteiger partial charge on any atom is 0.337 e. The lowest BCUT2D eigenvalue weighted by Gasteiger charge is -2.31. The molecule has 170 valence electrons. The number of rotatable bonds is 8. The summed E-state index contributed by atoms with van der Waals surface area (Å²) in [7, 11) is 1.54. The fourth-order valence-electron chi connectivity index (χ4n) is 3.76. The number of esters is 2. The van der Waals surface area contributed by atoms with Crippen molar-refractivity contribution >= 4 is 11.9 Å². The summed E-state index contributed by atoms with van der Waals surface area (Å²) in [5.41, 5.74) is 3.59. The predicted octanol–water partition coefficient (Wildman–Crippen LogP) is 4.32. The smallest absolute Gasteiger partial charge is 0.337 e. The molecule has 0 saturated heterocycles. The molecule has 0 amide bonds. The number of ether oxygens (including phenoxy) is 3. The van der Waals surface area contributed by atoms with Crippen molar-refractivity contribution in [3.63, 3.8) is 0 Å². The van der Waals surface area contributed by atoms with Crippen LogP contribution in [0.15, 0.2) is 69.6 Å². The van der Waals surface area contributed by atoms with Crippen LogP contribution in [0.4, 0.5) is 0 Å². The van der Waals surface area contributed by atoms with Gasteiger partial charge in [-0.1, -0.05) is 18.2 Å². The largest absolute Gasteiger partial charge is 0.464 e. The van der Waals surface area contributed by atoms with Gasteiger partial charge in [-0.2, -0.15) is 0 Å². The number of methoxy groups -OCH3 is 1. The number of carbonyl (C=O) groups is 2. The molecule has 2 heterocycles. The highest BCUT2D eigenvalue weighted by Gasteiger charge is 2.38. The highest BCUT2D eigenvalue weighted by Crippen LogP contribution is 2.40. The normalized spacial score (nSPS) is 16.2. The van der Waals surface area contributed by atoms with Gasteiger partial charge in [0.15, 0.2) is 0 Å². The summed E-state index contributed by atoms with van der Waals surface area (Å²) in [4.78, 5) is 26.2. The van der Waals surface area contributed by atoms with Gasteiger partial charge in [-0.25, -0.2) is 9.59 Å². The lowest BCUT2D eigenvalue weighted by Crippen LogP contribution is -2.33. The number of allylic oxidation sites excluding steroid dienone is 2. The van der Waals surface area contributed by atoms with Crippen LogP contribution in [-0.4, -0.2) is 38.4 Å². The predicted molar refractivity (Wildman–Crippen MR) is 119 cm³/mol. The second-order valence-electron chi connectivity index (χ2n) is 7.82. The zero-order valence-electron chi connectivity index (χ0n) is 19.1. The number of nitrogens with one attached hydrogen (secondary N) is 1. The van der Waals surface area contributed by atoms with E-state index >= 15 is 0 Å². The van der Waals surface area contributed by atoms with Gasteiger partial charge in [-0.05, 0) is 51.5 Å². The van der Waals surface area contributed by atoms with Crippen LogP contribution in [0.1, 0.15) is 39.2 Å². The third-order valence-corrected chi connectivity index (χ3v) is 5.09. The molecule has 32 heavy (non-hydrogen) atoms. The summed E-state index contributed by atoms with van der Waals surface area (Å²) in [6, 6.07) is 11.3. The van der Waals surface area contributed by atoms with Crippen LogP contribution in [0.3, 0.4) is 0 Å². The first-order valence-electron chi connectivity index (χ1n) is 10.5. The summed E-state index contributed by atoms with van der Waals surface area (Å²) in [5, 5.41) is 3.15. The molecule has 1 aromatic heterocycles. The average molecular weight is 440 g/mol. The fourth-order valence-corrected chi connectivity index (χ4v) is 3.76. The van der Waals surface area contributed by atoms with E-state index in [1.54, 1.807) is 34.0 Å². The molecule has 3 rings (SSSR count). The zero-order valence-corrected chi connectivity index (χ0v) is 19.1. The Labute approximate surface area is 188 Å². The van der Waals surface area contributed by atoms with Gasteiger partial charge in [-0.3, -0.25) is 0 Å². The first-order valence-corrected chi connectivity index (χ1v) is 10.5.